The van der Waals surface area contributed by atoms with Gasteiger partial charge in [-0.05, 0) is 18.2 Å². The van der Waals surface area contributed by atoms with Crippen LogP contribution in [0.15, 0.2) is 30.3 Å². The van der Waals surface area contributed by atoms with Gasteiger partial charge in [-0.25, -0.2) is 0 Å². The molecule has 0 saturated carbocycles. The lowest BCUT2D eigenvalue weighted by atomic mass is 9.99. The molecule has 0 aliphatic heterocycles. The van der Waals surface area contributed by atoms with Crippen LogP contribution < -0.4 is 5.32 Å². The third-order valence-corrected chi connectivity index (χ3v) is 3.89. The van der Waals surface area contributed by atoms with Crippen molar-refractivity contribution in [1.29, 1.82) is 0 Å². The van der Waals surface area contributed by atoms with Crippen molar-refractivity contribution in [2.24, 2.45) is 0 Å². The molecule has 3 nitrogen and oxygen atoms in total. The smallest absolute Gasteiger partial charge is 0.314 e. The molecule has 0 radical (unpaired) electrons. The Labute approximate surface area is 120 Å². The molecule has 0 aromatic heterocycles. The minimum Gasteiger partial charge on any atom is -0.469 e. The van der Waals surface area contributed by atoms with Gasteiger partial charge in [0.15, 0.2) is 0 Å². The number of benzene rings is 1. The summed E-state index contributed by atoms with van der Waals surface area (Å²) in [7, 11) is 1.44. The van der Waals surface area contributed by atoms with Gasteiger partial charge < -0.3 is 10.1 Å². The van der Waals surface area contributed by atoms with E-state index in [1.807, 2.05) is 42.1 Å². The third-order valence-electron chi connectivity index (χ3n) is 3.16. The number of carbonyl (C=O) groups is 1. The summed E-state index contributed by atoms with van der Waals surface area (Å²) >= 11 is 1.82. The molecular formula is C15H23NO2S. The Morgan fingerprint density at radius 3 is 2.58 bits per heavy atom. The summed E-state index contributed by atoms with van der Waals surface area (Å²) in [4.78, 5) is 11.9. The topological polar surface area (TPSA) is 38.3 Å². The van der Waals surface area contributed by atoms with Crippen molar-refractivity contribution >= 4 is 17.7 Å². The minimum atomic E-state index is -0.234. The predicted octanol–water partition coefficient (Wildman–Crippen LogP) is 2.67. The Balaban J connectivity index is 2.68. The minimum absolute atomic E-state index is 0.183. The highest BCUT2D eigenvalue weighted by molar-refractivity contribution is 7.98. The zero-order valence-electron chi connectivity index (χ0n) is 11.9. The lowest BCUT2D eigenvalue weighted by Crippen LogP contribution is -2.36. The van der Waals surface area contributed by atoms with Gasteiger partial charge in [0.2, 0.25) is 0 Å². The monoisotopic (exact) mass is 281 g/mol. The van der Waals surface area contributed by atoms with Crippen molar-refractivity contribution in [3.8, 4) is 0 Å². The molecule has 1 aromatic carbocycles. The van der Waals surface area contributed by atoms with Gasteiger partial charge in [0.25, 0.3) is 0 Å². The van der Waals surface area contributed by atoms with Gasteiger partial charge in [-0.2, -0.15) is 11.8 Å². The first-order valence-electron chi connectivity index (χ1n) is 6.58. The quantitative estimate of drug-likeness (QED) is 0.744. The fraction of sp³-hybridized carbons (Fsp3) is 0.533. The van der Waals surface area contributed by atoms with Gasteiger partial charge >= 0.3 is 5.97 Å². The summed E-state index contributed by atoms with van der Waals surface area (Å²) in [6.45, 7) is 2.78. The van der Waals surface area contributed by atoms with Crippen LogP contribution in [-0.4, -0.2) is 37.7 Å². The largest absolute Gasteiger partial charge is 0.469 e. The number of methoxy groups -OCH3 is 1. The first-order valence-corrected chi connectivity index (χ1v) is 7.97. The number of hydrogen-bond acceptors (Lipinski definition) is 4. The highest BCUT2D eigenvalue weighted by Crippen LogP contribution is 2.17. The molecule has 0 aliphatic rings. The fourth-order valence-corrected chi connectivity index (χ4v) is 2.73. The molecular weight excluding hydrogens is 258 g/mol. The normalized spacial score (nSPS) is 13.8. The average molecular weight is 281 g/mol. The van der Waals surface area contributed by atoms with Crippen molar-refractivity contribution in [2.75, 3.05) is 25.7 Å². The Hall–Kier alpha value is -1.00. The average Bonchev–Trinajstić information content (AvgIpc) is 2.47. The van der Waals surface area contributed by atoms with Crippen LogP contribution in [0.1, 0.15) is 24.8 Å². The first kappa shape index (κ1) is 16.1. The van der Waals surface area contributed by atoms with Gasteiger partial charge in [-0.15, -0.1) is 0 Å². The zero-order chi connectivity index (χ0) is 14.1. The molecule has 4 heteroatoms. The zero-order valence-corrected chi connectivity index (χ0v) is 12.7. The van der Waals surface area contributed by atoms with E-state index in [-0.39, 0.29) is 11.9 Å². The number of thioether (sulfide) groups is 1. The van der Waals surface area contributed by atoms with Crippen molar-refractivity contribution < 1.29 is 9.53 Å². The molecule has 0 fully saturated rings. The fourth-order valence-electron chi connectivity index (χ4n) is 1.97. The van der Waals surface area contributed by atoms with Crippen LogP contribution in [0.2, 0.25) is 0 Å². The molecule has 106 valence electrons. The predicted molar refractivity (Wildman–Crippen MR) is 81.7 cm³/mol. The highest BCUT2D eigenvalue weighted by Gasteiger charge is 2.21. The molecule has 0 amide bonds. The molecule has 0 spiro atoms. The maximum atomic E-state index is 11.9. The second-order valence-corrected chi connectivity index (χ2v) is 5.37. The van der Waals surface area contributed by atoms with E-state index in [0.29, 0.717) is 12.6 Å². The van der Waals surface area contributed by atoms with E-state index in [1.54, 1.807) is 0 Å². The Morgan fingerprint density at radius 2 is 2.05 bits per heavy atom. The summed E-state index contributed by atoms with van der Waals surface area (Å²) in [6, 6.07) is 10.2. The maximum Gasteiger partial charge on any atom is 0.314 e. The number of ether oxygens (including phenoxy) is 1. The van der Waals surface area contributed by atoms with Gasteiger partial charge in [-0.3, -0.25) is 4.79 Å². The summed E-state index contributed by atoms with van der Waals surface area (Å²) < 4.78 is 4.91. The molecule has 19 heavy (non-hydrogen) atoms. The van der Waals surface area contributed by atoms with Crippen LogP contribution in [0.3, 0.4) is 0 Å². The number of esters is 1. The van der Waals surface area contributed by atoms with Gasteiger partial charge in [0.05, 0.1) is 13.0 Å². The van der Waals surface area contributed by atoms with Crippen LogP contribution in [-0.2, 0) is 9.53 Å². The molecule has 2 atom stereocenters. The molecule has 1 N–H and O–H groups in total. The second-order valence-electron chi connectivity index (χ2n) is 4.46. The molecule has 0 saturated heterocycles. The molecule has 0 bridgehead atoms. The Kier molecular flexibility index (Phi) is 7.60. The molecule has 0 heterocycles. The van der Waals surface area contributed by atoms with Crippen LogP contribution in [0, 0.1) is 0 Å². The SMILES string of the molecule is CCC(CSC)NCC(C(=O)OC)c1ccccc1. The highest BCUT2D eigenvalue weighted by atomic mass is 32.2. The Bertz CT molecular complexity index is 370. The third kappa shape index (κ3) is 5.25. The number of carbonyl (C=O) groups excluding carboxylic acids is 1. The standard InChI is InChI=1S/C15H23NO2S/c1-4-13(11-19-3)16-10-14(15(17)18-2)12-8-6-5-7-9-12/h5-9,13-14,16H,4,10-11H2,1-3H3. The molecule has 1 rings (SSSR count). The second kappa shape index (κ2) is 8.99. The lowest BCUT2D eigenvalue weighted by molar-refractivity contribution is -0.142. The van der Waals surface area contributed by atoms with Crippen molar-refractivity contribution in [2.45, 2.75) is 25.3 Å². The summed E-state index contributed by atoms with van der Waals surface area (Å²) in [5, 5.41) is 3.46. The van der Waals surface area contributed by atoms with Crippen LogP contribution in [0.4, 0.5) is 0 Å². The van der Waals surface area contributed by atoms with E-state index in [9.17, 15) is 4.79 Å². The maximum absolute atomic E-state index is 11.9. The summed E-state index contributed by atoms with van der Waals surface area (Å²) in [5.74, 6) is 0.638. The van der Waals surface area contributed by atoms with E-state index >= 15 is 0 Å². The van der Waals surface area contributed by atoms with Gasteiger partial charge in [0.1, 0.15) is 0 Å². The molecule has 0 aliphatic carbocycles. The van der Waals surface area contributed by atoms with Crippen LogP contribution in [0.5, 0.6) is 0 Å². The summed E-state index contributed by atoms with van der Waals surface area (Å²) in [5.41, 5.74) is 1.00. The number of nitrogens with one attached hydrogen (secondary N) is 1. The lowest BCUT2D eigenvalue weighted by Gasteiger charge is -2.20. The summed E-state index contributed by atoms with van der Waals surface area (Å²) in [6.07, 6.45) is 3.16. The van der Waals surface area contributed by atoms with E-state index in [2.05, 4.69) is 18.5 Å². The van der Waals surface area contributed by atoms with Crippen molar-refractivity contribution in [3.63, 3.8) is 0 Å². The molecule has 2 unspecified atom stereocenters. The van der Waals surface area contributed by atoms with Crippen molar-refractivity contribution in [3.05, 3.63) is 35.9 Å². The van der Waals surface area contributed by atoms with E-state index in [0.717, 1.165) is 17.7 Å². The Morgan fingerprint density at radius 1 is 1.37 bits per heavy atom. The van der Waals surface area contributed by atoms with Crippen LogP contribution in [0.25, 0.3) is 0 Å². The van der Waals surface area contributed by atoms with Gasteiger partial charge in [-0.1, -0.05) is 37.3 Å². The van der Waals surface area contributed by atoms with E-state index < -0.39 is 0 Å². The van der Waals surface area contributed by atoms with E-state index in [1.165, 1.54) is 7.11 Å². The first-order chi connectivity index (χ1) is 9.22. The van der Waals surface area contributed by atoms with Crippen LogP contribution >= 0.6 is 11.8 Å². The van der Waals surface area contributed by atoms with Crippen molar-refractivity contribution in [1.82, 2.24) is 5.32 Å². The van der Waals surface area contributed by atoms with E-state index in [4.69, 9.17) is 4.74 Å². The van der Waals surface area contributed by atoms with Gasteiger partial charge in [0, 0.05) is 18.3 Å². The number of rotatable bonds is 8. The number of hydrogen-bond donors (Lipinski definition) is 1. The molecule has 1 aromatic rings.